The highest BCUT2D eigenvalue weighted by Crippen LogP contribution is 2.36. The molecule has 0 aliphatic rings. The second-order valence-corrected chi connectivity index (χ2v) is 22.0. The van der Waals surface area contributed by atoms with Crippen molar-refractivity contribution in [1.82, 2.24) is 0 Å². The van der Waals surface area contributed by atoms with Crippen LogP contribution >= 0.6 is 0 Å². The van der Waals surface area contributed by atoms with Crippen LogP contribution in [-0.4, -0.2) is 43.9 Å². The Kier molecular flexibility index (Phi) is 32.2. The average molecular weight is 653 g/mol. The van der Waals surface area contributed by atoms with Crippen molar-refractivity contribution in [3.8, 4) is 0 Å². The molecule has 0 aromatic rings. The Balaban J connectivity index is -0.0000000758. The van der Waals surface area contributed by atoms with E-state index in [9.17, 15) is 0 Å². The second-order valence-electron chi connectivity index (χ2n) is 22.0. The molecular weight excluding hydrogens is 556 g/mol. The van der Waals surface area contributed by atoms with Gasteiger partial charge in [-0.3, -0.25) is 0 Å². The standard InChI is InChI=1S/C8H18O.C8H18.C5H12O2.C5H12O.3C5H12/c1-7(2,3)9-8(4,5)6;1-7(2,3)8(4,5)6;1-5(2,6-3)7-4;1-5(2,3)6-4;3*1-5(2,3)4/h1-6H3;1-6H3;1-4H3;1-4H3;3*1-4H3. The molecule has 0 heterocycles. The summed E-state index contributed by atoms with van der Waals surface area (Å²) in [5, 5.41) is 0. The molecule has 0 radical (unpaired) electrons. The van der Waals surface area contributed by atoms with E-state index in [2.05, 4.69) is 166 Å². The van der Waals surface area contributed by atoms with Crippen LogP contribution in [0, 0.1) is 27.1 Å². The Labute approximate surface area is 290 Å². The van der Waals surface area contributed by atoms with E-state index in [0.29, 0.717) is 27.1 Å². The Bertz CT molecular complexity index is 542. The largest absolute Gasteiger partial charge is 0.379 e. The molecule has 0 bridgehead atoms. The first-order chi connectivity index (χ1) is 18.6. The monoisotopic (exact) mass is 653 g/mol. The van der Waals surface area contributed by atoms with Crippen LogP contribution < -0.4 is 0 Å². The van der Waals surface area contributed by atoms with Crippen molar-refractivity contribution < 1.29 is 18.9 Å². The molecule has 0 spiro atoms. The van der Waals surface area contributed by atoms with Gasteiger partial charge in [0.05, 0.1) is 16.8 Å². The van der Waals surface area contributed by atoms with Gasteiger partial charge in [-0.25, -0.2) is 0 Å². The molecule has 0 atom stereocenters. The molecule has 0 saturated heterocycles. The predicted molar refractivity (Wildman–Crippen MR) is 210 cm³/mol. The third-order valence-electron chi connectivity index (χ3n) is 4.46. The third kappa shape index (κ3) is 135. The van der Waals surface area contributed by atoms with Crippen LogP contribution in [-0.2, 0) is 18.9 Å². The zero-order valence-electron chi connectivity index (χ0n) is 38.1. The van der Waals surface area contributed by atoms with Gasteiger partial charge in [-0.2, -0.15) is 0 Å². The highest BCUT2D eigenvalue weighted by molar-refractivity contribution is 4.77. The third-order valence-corrected chi connectivity index (χ3v) is 4.46. The minimum Gasteiger partial charge on any atom is -0.379 e. The molecule has 0 N–H and O–H groups in total. The summed E-state index contributed by atoms with van der Waals surface area (Å²) in [6.45, 7) is 62.1. The minimum atomic E-state index is -0.417. The zero-order chi connectivity index (χ0) is 39.3. The van der Waals surface area contributed by atoms with Crippen molar-refractivity contribution in [2.45, 2.75) is 223 Å². The predicted octanol–water partition coefficient (Wildman–Crippen LogP) is 14.3. The molecule has 0 unspecified atom stereocenters. The summed E-state index contributed by atoms with van der Waals surface area (Å²) in [4.78, 5) is 0. The second kappa shape index (κ2) is 24.0. The molecule has 4 nitrogen and oxygen atoms in total. The summed E-state index contributed by atoms with van der Waals surface area (Å²) < 4.78 is 20.3. The Morgan fingerprint density at radius 2 is 0.378 bits per heavy atom. The normalized spacial score (nSPS) is 12.8. The van der Waals surface area contributed by atoms with Crippen molar-refractivity contribution >= 4 is 0 Å². The fourth-order valence-electron chi connectivity index (χ4n) is 1.00. The lowest BCUT2D eigenvalue weighted by Gasteiger charge is -2.34. The first-order valence-electron chi connectivity index (χ1n) is 17.0. The summed E-state index contributed by atoms with van der Waals surface area (Å²) >= 11 is 0. The van der Waals surface area contributed by atoms with E-state index in [-0.39, 0.29) is 16.8 Å². The number of rotatable bonds is 2. The highest BCUT2D eigenvalue weighted by Gasteiger charge is 2.27. The Morgan fingerprint density at radius 3 is 0.378 bits per heavy atom. The molecule has 0 aromatic heterocycles. The maximum absolute atomic E-state index is 5.62. The van der Waals surface area contributed by atoms with Gasteiger partial charge in [0.1, 0.15) is 0 Å². The first-order valence-corrected chi connectivity index (χ1v) is 17.0. The van der Waals surface area contributed by atoms with Gasteiger partial charge in [0, 0.05) is 21.3 Å². The summed E-state index contributed by atoms with van der Waals surface area (Å²) in [6, 6.07) is 0. The van der Waals surface area contributed by atoms with Crippen molar-refractivity contribution in [3.63, 3.8) is 0 Å². The maximum Gasteiger partial charge on any atom is 0.161 e. The van der Waals surface area contributed by atoms with E-state index < -0.39 is 5.79 Å². The molecular formula is C41H96O4. The van der Waals surface area contributed by atoms with Gasteiger partial charge in [0.25, 0.3) is 0 Å². The van der Waals surface area contributed by atoms with Crippen LogP contribution in [0.4, 0.5) is 0 Å². The van der Waals surface area contributed by atoms with E-state index in [1.165, 1.54) is 0 Å². The quantitative estimate of drug-likeness (QED) is 0.278. The molecule has 0 saturated carbocycles. The number of methoxy groups -OCH3 is 3. The fourth-order valence-corrected chi connectivity index (χ4v) is 1.00. The van der Waals surface area contributed by atoms with Crippen LogP contribution in [0.15, 0.2) is 0 Å². The van der Waals surface area contributed by atoms with Crippen LogP contribution in [0.5, 0.6) is 0 Å². The zero-order valence-corrected chi connectivity index (χ0v) is 38.1. The van der Waals surface area contributed by atoms with Crippen molar-refractivity contribution in [3.05, 3.63) is 0 Å². The van der Waals surface area contributed by atoms with E-state index in [0.717, 1.165) is 0 Å². The molecule has 0 aliphatic heterocycles. The Morgan fingerprint density at radius 1 is 0.244 bits per heavy atom. The molecule has 284 valence electrons. The summed E-state index contributed by atoms with van der Waals surface area (Å²) in [5.74, 6) is -0.417. The van der Waals surface area contributed by atoms with Gasteiger partial charge < -0.3 is 18.9 Å². The molecule has 0 aromatic carbocycles. The molecule has 4 heteroatoms. The molecule has 0 rings (SSSR count). The van der Waals surface area contributed by atoms with Crippen molar-refractivity contribution in [2.75, 3.05) is 21.3 Å². The van der Waals surface area contributed by atoms with Gasteiger partial charge >= 0.3 is 0 Å². The van der Waals surface area contributed by atoms with Gasteiger partial charge in [-0.15, -0.1) is 0 Å². The molecule has 0 fully saturated rings. The fraction of sp³-hybridized carbons (Fsp3) is 1.00. The van der Waals surface area contributed by atoms with Crippen molar-refractivity contribution in [2.24, 2.45) is 27.1 Å². The average Bonchev–Trinajstić information content (AvgIpc) is 2.60. The molecule has 45 heavy (non-hydrogen) atoms. The minimum absolute atomic E-state index is 0.0156. The van der Waals surface area contributed by atoms with Crippen LogP contribution in [0.2, 0.25) is 0 Å². The smallest absolute Gasteiger partial charge is 0.161 e. The van der Waals surface area contributed by atoms with E-state index >= 15 is 0 Å². The number of hydrogen-bond acceptors (Lipinski definition) is 4. The Hall–Kier alpha value is -0.160. The first kappa shape index (κ1) is 60.2. The SMILES string of the molecule is CC(C)(C)C.CC(C)(C)C.CC(C)(C)C.CC(C)(C)C(C)(C)C.CC(C)(C)OC(C)(C)C.COC(C)(C)C.COC(C)(C)OC. The lowest BCUT2D eigenvalue weighted by atomic mass is 9.71. The van der Waals surface area contributed by atoms with Crippen LogP contribution in [0.25, 0.3) is 0 Å². The molecule has 0 aliphatic carbocycles. The summed E-state index contributed by atoms with van der Waals surface area (Å²) in [7, 11) is 4.94. The number of hydrogen-bond donors (Lipinski definition) is 0. The van der Waals surface area contributed by atoms with E-state index in [1.807, 2.05) is 34.6 Å². The van der Waals surface area contributed by atoms with Gasteiger partial charge in [-0.1, -0.05) is 125 Å². The molecule has 0 amide bonds. The van der Waals surface area contributed by atoms with Crippen LogP contribution in [0.1, 0.15) is 201 Å². The number of ether oxygens (including phenoxy) is 4. The van der Waals surface area contributed by atoms with Gasteiger partial charge in [0.15, 0.2) is 5.79 Å². The van der Waals surface area contributed by atoms with Gasteiger partial charge in [0.2, 0.25) is 0 Å². The summed E-state index contributed by atoms with van der Waals surface area (Å²) in [6.07, 6.45) is 0. The van der Waals surface area contributed by atoms with Crippen LogP contribution in [0.3, 0.4) is 0 Å². The van der Waals surface area contributed by atoms with Gasteiger partial charge in [-0.05, 0) is 103 Å². The lowest BCUT2D eigenvalue weighted by molar-refractivity contribution is -0.178. The maximum atomic E-state index is 5.62. The lowest BCUT2D eigenvalue weighted by Crippen LogP contribution is -2.31. The summed E-state index contributed by atoms with van der Waals surface area (Å²) in [5.41, 5.74) is 2.39. The highest BCUT2D eigenvalue weighted by atomic mass is 16.7. The van der Waals surface area contributed by atoms with E-state index in [1.54, 1.807) is 21.3 Å². The van der Waals surface area contributed by atoms with E-state index in [4.69, 9.17) is 18.9 Å². The van der Waals surface area contributed by atoms with Crippen molar-refractivity contribution in [1.29, 1.82) is 0 Å². The topological polar surface area (TPSA) is 36.9 Å².